The van der Waals surface area contributed by atoms with Crippen molar-refractivity contribution in [2.45, 2.75) is 45.8 Å². The van der Waals surface area contributed by atoms with Crippen LogP contribution in [0.1, 0.15) is 27.7 Å². The summed E-state index contributed by atoms with van der Waals surface area (Å²) in [6.07, 6.45) is 0. The molecule has 0 amide bonds. The van der Waals surface area contributed by atoms with Crippen LogP contribution in [0.5, 0.6) is 0 Å². The van der Waals surface area contributed by atoms with Crippen molar-refractivity contribution in [3.05, 3.63) is 5.53 Å². The Balaban J connectivity index is 5.27. The molecule has 0 aliphatic heterocycles. The summed E-state index contributed by atoms with van der Waals surface area (Å²) in [5, 5.41) is 0.403. The maximum Gasteiger partial charge on any atom is 0.300 e. The molecule has 0 atom stereocenters. The molecule has 0 saturated carbocycles. The molecule has 0 aromatic heterocycles. The van der Waals surface area contributed by atoms with Crippen LogP contribution in [0, 0.1) is 0 Å². The lowest BCUT2D eigenvalue weighted by Gasteiger charge is -2.31. The van der Waals surface area contributed by atoms with Crippen molar-refractivity contribution in [2.75, 3.05) is 0 Å². The Labute approximate surface area is 80.8 Å². The minimum absolute atomic E-state index is 0.0280. The van der Waals surface area contributed by atoms with E-state index in [9.17, 15) is 4.79 Å². The topological polar surface area (TPSA) is 53.5 Å². The van der Waals surface area contributed by atoms with Gasteiger partial charge in [0, 0.05) is 6.92 Å². The SMILES string of the molecule is CC(=O)C(=[N+]=[N-])[Si](C)(C)C(C)(C)C. The Morgan fingerprint density at radius 1 is 1.31 bits per heavy atom. The van der Waals surface area contributed by atoms with Gasteiger partial charge in [-0.05, 0) is 5.04 Å². The van der Waals surface area contributed by atoms with Crippen molar-refractivity contribution < 1.29 is 9.58 Å². The van der Waals surface area contributed by atoms with E-state index < -0.39 is 8.07 Å². The van der Waals surface area contributed by atoms with Crippen LogP contribution in [0.2, 0.25) is 18.1 Å². The summed E-state index contributed by atoms with van der Waals surface area (Å²) in [6, 6.07) is 0. The molecule has 74 valence electrons. The molecule has 0 heterocycles. The predicted octanol–water partition coefficient (Wildman–Crippen LogP) is 2.29. The zero-order valence-corrected chi connectivity index (χ0v) is 10.3. The first-order valence-corrected chi connectivity index (χ1v) is 7.38. The normalized spacial score (nSPS) is 12.2. The van der Waals surface area contributed by atoms with Crippen LogP contribution in [0.15, 0.2) is 0 Å². The third-order valence-corrected chi connectivity index (χ3v) is 8.29. The Bertz CT molecular complexity index is 270. The molecule has 0 aliphatic rings. The smallest absolute Gasteiger partial charge is 0.300 e. The Kier molecular flexibility index (Phi) is 3.36. The van der Waals surface area contributed by atoms with Crippen molar-refractivity contribution in [1.29, 1.82) is 0 Å². The molecular weight excluding hydrogens is 180 g/mol. The molecule has 0 unspecified atom stereocenters. The fourth-order valence-corrected chi connectivity index (χ4v) is 2.83. The number of rotatable bonds is 2. The quantitative estimate of drug-likeness (QED) is 0.291. The van der Waals surface area contributed by atoms with E-state index in [4.69, 9.17) is 5.53 Å². The van der Waals surface area contributed by atoms with Gasteiger partial charge in [-0.15, -0.1) is 0 Å². The first-order chi connectivity index (χ1) is 5.64. The zero-order valence-electron chi connectivity index (χ0n) is 9.30. The van der Waals surface area contributed by atoms with Gasteiger partial charge >= 0.3 is 0 Å². The third-order valence-electron chi connectivity index (χ3n) is 2.90. The highest BCUT2D eigenvalue weighted by molar-refractivity contribution is 7.13. The molecule has 0 bridgehead atoms. The van der Waals surface area contributed by atoms with Gasteiger partial charge in [0.1, 0.15) is 0 Å². The molecule has 0 aliphatic carbocycles. The van der Waals surface area contributed by atoms with E-state index in [0.717, 1.165) is 0 Å². The molecule has 4 heteroatoms. The standard InChI is InChI=1S/C9H18N2OSi/c1-7(12)8(11-10)13(5,6)9(2,3)4/h1-6H3. The van der Waals surface area contributed by atoms with Gasteiger partial charge in [0.2, 0.25) is 5.78 Å². The molecule has 0 fully saturated rings. The summed E-state index contributed by atoms with van der Waals surface area (Å²) >= 11 is 0. The van der Waals surface area contributed by atoms with Crippen LogP contribution in [-0.2, 0) is 4.79 Å². The molecule has 0 aromatic rings. The van der Waals surface area contributed by atoms with Gasteiger partial charge in [-0.3, -0.25) is 4.79 Å². The Morgan fingerprint density at radius 3 is 1.77 bits per heavy atom. The molecular formula is C9H18N2OSi. The fraction of sp³-hybridized carbons (Fsp3) is 0.778. The van der Waals surface area contributed by atoms with Crippen molar-refractivity contribution in [1.82, 2.24) is 0 Å². The lowest BCUT2D eigenvalue weighted by molar-refractivity contribution is -0.114. The maximum atomic E-state index is 11.2. The highest BCUT2D eigenvalue weighted by Gasteiger charge is 2.48. The van der Waals surface area contributed by atoms with E-state index in [-0.39, 0.29) is 10.8 Å². The minimum atomic E-state index is -1.95. The van der Waals surface area contributed by atoms with Crippen molar-refractivity contribution >= 4 is 19.2 Å². The van der Waals surface area contributed by atoms with E-state index in [1.165, 1.54) is 6.92 Å². The van der Waals surface area contributed by atoms with Gasteiger partial charge < -0.3 is 5.53 Å². The lowest BCUT2D eigenvalue weighted by Crippen LogP contribution is -2.49. The predicted molar refractivity (Wildman–Crippen MR) is 56.5 cm³/mol. The van der Waals surface area contributed by atoms with E-state index >= 15 is 0 Å². The lowest BCUT2D eigenvalue weighted by atomic mass is 10.2. The molecule has 0 radical (unpaired) electrons. The first-order valence-electron chi connectivity index (χ1n) is 4.38. The Morgan fingerprint density at radius 2 is 1.69 bits per heavy atom. The van der Waals surface area contributed by atoms with E-state index in [1.807, 2.05) is 13.1 Å². The van der Waals surface area contributed by atoms with Crippen LogP contribution < -0.4 is 0 Å². The summed E-state index contributed by atoms with van der Waals surface area (Å²) < 4.78 is 0. The fourth-order valence-electron chi connectivity index (χ4n) is 0.991. The summed E-state index contributed by atoms with van der Waals surface area (Å²) in [6.45, 7) is 11.8. The van der Waals surface area contributed by atoms with Crippen LogP contribution in [0.3, 0.4) is 0 Å². The summed E-state index contributed by atoms with van der Waals surface area (Å²) in [5.41, 5.74) is 8.80. The van der Waals surface area contributed by atoms with E-state index in [0.29, 0.717) is 5.33 Å². The number of nitrogens with zero attached hydrogens (tertiary/aromatic N) is 2. The highest BCUT2D eigenvalue weighted by atomic mass is 28.3. The average molecular weight is 198 g/mol. The summed E-state index contributed by atoms with van der Waals surface area (Å²) in [4.78, 5) is 14.4. The number of Topliss-reactive ketones (excluding diaryl/α,β-unsaturated/α-hetero) is 1. The number of ketones is 1. The van der Waals surface area contributed by atoms with Gasteiger partial charge in [0.05, 0.1) is 0 Å². The van der Waals surface area contributed by atoms with Crippen LogP contribution in [0.25, 0.3) is 5.53 Å². The van der Waals surface area contributed by atoms with Gasteiger partial charge in [0.15, 0.2) is 8.07 Å². The molecule has 0 rings (SSSR count). The van der Waals surface area contributed by atoms with E-state index in [2.05, 4.69) is 25.6 Å². The second kappa shape index (κ2) is 3.56. The second-order valence-corrected chi connectivity index (χ2v) is 10.1. The minimum Gasteiger partial charge on any atom is -0.362 e. The molecule has 0 saturated heterocycles. The Hall–Kier alpha value is -0.733. The first kappa shape index (κ1) is 12.3. The monoisotopic (exact) mass is 198 g/mol. The van der Waals surface area contributed by atoms with Crippen LogP contribution in [0.4, 0.5) is 0 Å². The van der Waals surface area contributed by atoms with Crippen LogP contribution >= 0.6 is 0 Å². The van der Waals surface area contributed by atoms with E-state index in [1.54, 1.807) is 0 Å². The molecule has 13 heavy (non-hydrogen) atoms. The van der Waals surface area contributed by atoms with Crippen molar-refractivity contribution in [3.8, 4) is 0 Å². The van der Waals surface area contributed by atoms with Gasteiger partial charge in [-0.1, -0.05) is 33.9 Å². The third kappa shape index (κ3) is 2.36. The molecule has 3 nitrogen and oxygen atoms in total. The largest absolute Gasteiger partial charge is 0.362 e. The van der Waals surface area contributed by atoms with Gasteiger partial charge in [0.25, 0.3) is 5.33 Å². The summed E-state index contributed by atoms with van der Waals surface area (Å²) in [5.74, 6) is -0.117. The average Bonchev–Trinajstić information content (AvgIpc) is 1.83. The molecule has 0 aromatic carbocycles. The summed E-state index contributed by atoms with van der Waals surface area (Å²) in [7, 11) is -1.95. The highest BCUT2D eigenvalue weighted by Crippen LogP contribution is 2.36. The number of hydrogen-bond acceptors (Lipinski definition) is 1. The van der Waals surface area contributed by atoms with Crippen LogP contribution in [-0.4, -0.2) is 24.0 Å². The van der Waals surface area contributed by atoms with Gasteiger partial charge in [-0.2, -0.15) is 4.79 Å². The van der Waals surface area contributed by atoms with Crippen molar-refractivity contribution in [2.24, 2.45) is 0 Å². The number of carbonyl (C=O) groups excluding carboxylic acids is 1. The zero-order chi connectivity index (χ0) is 10.9. The number of hydrogen-bond donors (Lipinski definition) is 0. The van der Waals surface area contributed by atoms with Gasteiger partial charge in [-0.25, -0.2) is 0 Å². The maximum absolute atomic E-state index is 11.2. The molecule has 0 spiro atoms. The molecule has 0 N–H and O–H groups in total. The van der Waals surface area contributed by atoms with Crippen molar-refractivity contribution in [3.63, 3.8) is 0 Å². The second-order valence-electron chi connectivity index (χ2n) is 4.88. The number of carbonyl (C=O) groups is 1.